The van der Waals surface area contributed by atoms with Gasteiger partial charge in [-0.05, 0) is 24.3 Å². The maximum Gasteiger partial charge on any atom is 0.379 e. The van der Waals surface area contributed by atoms with E-state index in [0.29, 0.717) is 28.7 Å². The van der Waals surface area contributed by atoms with E-state index >= 15 is 0 Å². The number of hydrogen-bond donors (Lipinski definition) is 0. The highest BCUT2D eigenvalue weighted by atomic mass is 35.5. The molecule has 2 aromatic carbocycles. The Morgan fingerprint density at radius 2 is 2.00 bits per heavy atom. The zero-order chi connectivity index (χ0) is 16.5. The summed E-state index contributed by atoms with van der Waals surface area (Å²) in [6, 6.07) is 14.1. The zero-order valence-electron chi connectivity index (χ0n) is 12.5. The number of halogens is 1. The smallest absolute Gasteiger partial charge is 0.379 e. The van der Waals surface area contributed by atoms with Gasteiger partial charge in [-0.3, -0.25) is 0 Å². The lowest BCUT2D eigenvalue weighted by Crippen LogP contribution is -2.35. The third-order valence-electron chi connectivity index (χ3n) is 3.66. The molecule has 0 radical (unpaired) electrons. The van der Waals surface area contributed by atoms with Gasteiger partial charge in [-0.2, -0.15) is 0 Å². The monoisotopic (exact) mass is 344 g/mol. The molecule has 1 atom stereocenters. The molecule has 0 aliphatic carbocycles. The number of para-hydroxylation sites is 1. The second kappa shape index (κ2) is 6.09. The van der Waals surface area contributed by atoms with Crippen LogP contribution in [0.25, 0.3) is 11.0 Å². The highest BCUT2D eigenvalue weighted by Crippen LogP contribution is 2.34. The molecule has 4 rings (SSSR count). The van der Waals surface area contributed by atoms with Gasteiger partial charge < -0.3 is 18.6 Å². The van der Waals surface area contributed by atoms with E-state index in [1.807, 2.05) is 18.2 Å². The molecule has 6 heteroatoms. The summed E-state index contributed by atoms with van der Waals surface area (Å²) in [5, 5.41) is 1.36. The van der Waals surface area contributed by atoms with Crippen LogP contribution in [0.2, 0.25) is 5.02 Å². The van der Waals surface area contributed by atoms with Crippen LogP contribution in [0.4, 0.5) is 0 Å². The Bertz CT molecular complexity index is 950. The van der Waals surface area contributed by atoms with Gasteiger partial charge in [-0.25, -0.2) is 4.79 Å². The fourth-order valence-corrected chi connectivity index (χ4v) is 2.66. The average Bonchev–Trinajstić information content (AvgIpc) is 2.59. The molecule has 2 heterocycles. The van der Waals surface area contributed by atoms with Gasteiger partial charge in [0.05, 0.1) is 0 Å². The Morgan fingerprint density at radius 1 is 1.12 bits per heavy atom. The molecule has 1 aromatic heterocycles. The predicted molar refractivity (Wildman–Crippen MR) is 89.3 cm³/mol. The standard InChI is InChI=1S/C18H13ClO5/c19-12-5-6-15-16(8-12)23-13(9-21-15)10-22-17-7-11-3-1-2-4-14(11)24-18(17)20/h1-8,13H,9-10H2. The van der Waals surface area contributed by atoms with E-state index in [2.05, 4.69) is 0 Å². The van der Waals surface area contributed by atoms with Crippen LogP contribution < -0.4 is 19.8 Å². The van der Waals surface area contributed by atoms with Crippen LogP contribution >= 0.6 is 11.6 Å². The average molecular weight is 345 g/mol. The SMILES string of the molecule is O=c1oc2ccccc2cc1OCC1COc2ccc(Cl)cc2O1. The maximum atomic E-state index is 12.0. The number of fused-ring (bicyclic) bond motifs is 2. The molecule has 0 saturated carbocycles. The lowest BCUT2D eigenvalue weighted by Gasteiger charge is -2.26. The van der Waals surface area contributed by atoms with Crippen LogP contribution in [-0.2, 0) is 0 Å². The summed E-state index contributed by atoms with van der Waals surface area (Å²) in [5.74, 6) is 1.35. The quantitative estimate of drug-likeness (QED) is 0.678. The second-order valence-corrected chi connectivity index (χ2v) is 5.83. The van der Waals surface area contributed by atoms with Crippen molar-refractivity contribution in [2.24, 2.45) is 0 Å². The van der Waals surface area contributed by atoms with E-state index in [0.717, 1.165) is 5.39 Å². The van der Waals surface area contributed by atoms with Gasteiger partial charge >= 0.3 is 5.63 Å². The van der Waals surface area contributed by atoms with Crippen LogP contribution in [0.5, 0.6) is 17.2 Å². The lowest BCUT2D eigenvalue weighted by atomic mass is 10.2. The van der Waals surface area contributed by atoms with Crippen molar-refractivity contribution < 1.29 is 18.6 Å². The van der Waals surface area contributed by atoms with E-state index in [9.17, 15) is 4.79 Å². The molecule has 1 unspecified atom stereocenters. The number of benzene rings is 2. The first kappa shape index (κ1) is 14.9. The Balaban J connectivity index is 1.49. The third kappa shape index (κ3) is 2.90. The molecule has 5 nitrogen and oxygen atoms in total. The van der Waals surface area contributed by atoms with Crippen molar-refractivity contribution in [1.29, 1.82) is 0 Å². The van der Waals surface area contributed by atoms with Crippen molar-refractivity contribution in [3.8, 4) is 17.2 Å². The van der Waals surface area contributed by atoms with E-state index in [1.54, 1.807) is 30.3 Å². The molecule has 0 N–H and O–H groups in total. The van der Waals surface area contributed by atoms with Gasteiger partial charge in [0.15, 0.2) is 17.6 Å². The summed E-state index contributed by atoms with van der Waals surface area (Å²) in [5.41, 5.74) is 0.00420. The molecule has 0 fully saturated rings. The first-order chi connectivity index (χ1) is 11.7. The largest absolute Gasteiger partial charge is 0.486 e. The molecular weight excluding hydrogens is 332 g/mol. The van der Waals surface area contributed by atoms with Gasteiger partial charge in [0.2, 0.25) is 5.75 Å². The molecule has 24 heavy (non-hydrogen) atoms. The predicted octanol–water partition coefficient (Wildman–Crippen LogP) is 3.67. The van der Waals surface area contributed by atoms with Crippen LogP contribution in [0.3, 0.4) is 0 Å². The molecule has 122 valence electrons. The van der Waals surface area contributed by atoms with Gasteiger partial charge in [-0.1, -0.05) is 29.8 Å². The molecule has 3 aromatic rings. The summed E-state index contributed by atoms with van der Waals surface area (Å²) in [7, 11) is 0. The van der Waals surface area contributed by atoms with Crippen molar-refractivity contribution in [3.63, 3.8) is 0 Å². The summed E-state index contributed by atoms with van der Waals surface area (Å²) in [6.07, 6.45) is -0.346. The van der Waals surface area contributed by atoms with Gasteiger partial charge in [0.1, 0.15) is 18.8 Å². The highest BCUT2D eigenvalue weighted by molar-refractivity contribution is 6.30. The van der Waals surface area contributed by atoms with E-state index in [-0.39, 0.29) is 18.5 Å². The Hall–Kier alpha value is -2.66. The van der Waals surface area contributed by atoms with Gasteiger partial charge in [-0.15, -0.1) is 0 Å². The van der Waals surface area contributed by atoms with Crippen LogP contribution in [0, 0.1) is 0 Å². The number of hydrogen-bond acceptors (Lipinski definition) is 5. The lowest BCUT2D eigenvalue weighted by molar-refractivity contribution is 0.0526. The molecule has 0 amide bonds. The molecule has 0 bridgehead atoms. The Labute approximate surface area is 142 Å². The molecular formula is C18H13ClO5. The number of rotatable bonds is 3. The normalized spacial score (nSPS) is 16.1. The van der Waals surface area contributed by atoms with Crippen molar-refractivity contribution in [3.05, 3.63) is 64.0 Å². The topological polar surface area (TPSA) is 57.9 Å². The number of ether oxygens (including phenoxy) is 3. The first-order valence-corrected chi connectivity index (χ1v) is 7.81. The van der Waals surface area contributed by atoms with Gasteiger partial charge in [0, 0.05) is 16.5 Å². The van der Waals surface area contributed by atoms with E-state index < -0.39 is 5.63 Å². The van der Waals surface area contributed by atoms with Crippen molar-refractivity contribution in [2.45, 2.75) is 6.10 Å². The summed E-state index contributed by atoms with van der Waals surface area (Å²) >= 11 is 5.95. The van der Waals surface area contributed by atoms with E-state index in [1.165, 1.54) is 0 Å². The van der Waals surface area contributed by atoms with Crippen molar-refractivity contribution in [2.75, 3.05) is 13.2 Å². The van der Waals surface area contributed by atoms with Crippen LogP contribution in [-0.4, -0.2) is 19.3 Å². The zero-order valence-corrected chi connectivity index (χ0v) is 13.3. The van der Waals surface area contributed by atoms with Crippen molar-refractivity contribution >= 4 is 22.6 Å². The minimum Gasteiger partial charge on any atom is -0.486 e. The Morgan fingerprint density at radius 3 is 2.92 bits per heavy atom. The fraction of sp³-hybridized carbons (Fsp3) is 0.167. The molecule has 0 spiro atoms. The molecule has 1 aliphatic rings. The minimum absolute atomic E-state index is 0.147. The highest BCUT2D eigenvalue weighted by Gasteiger charge is 2.22. The molecule has 1 aliphatic heterocycles. The summed E-state index contributed by atoms with van der Waals surface area (Å²) in [6.45, 7) is 0.489. The van der Waals surface area contributed by atoms with Crippen LogP contribution in [0.15, 0.2) is 57.7 Å². The minimum atomic E-state index is -0.520. The molecule has 0 saturated heterocycles. The Kier molecular flexibility index (Phi) is 3.78. The second-order valence-electron chi connectivity index (χ2n) is 5.39. The van der Waals surface area contributed by atoms with Crippen LogP contribution in [0.1, 0.15) is 0 Å². The fourth-order valence-electron chi connectivity index (χ4n) is 2.50. The van der Waals surface area contributed by atoms with Gasteiger partial charge in [0.25, 0.3) is 0 Å². The first-order valence-electron chi connectivity index (χ1n) is 7.44. The third-order valence-corrected chi connectivity index (χ3v) is 3.89. The summed E-state index contributed by atoms with van der Waals surface area (Å²) in [4.78, 5) is 12.0. The van der Waals surface area contributed by atoms with E-state index in [4.69, 9.17) is 30.2 Å². The van der Waals surface area contributed by atoms with Crippen molar-refractivity contribution in [1.82, 2.24) is 0 Å². The maximum absolute atomic E-state index is 12.0. The summed E-state index contributed by atoms with van der Waals surface area (Å²) < 4.78 is 22.2.